The number of halogens is 5. The summed E-state index contributed by atoms with van der Waals surface area (Å²) in [5.41, 5.74) is 4.81. The average Bonchev–Trinajstić information content (AvgIpc) is 2.31. The van der Waals surface area contributed by atoms with E-state index in [2.05, 4.69) is 20.7 Å². The van der Waals surface area contributed by atoms with Crippen LogP contribution in [0.1, 0.15) is 18.5 Å². The summed E-state index contributed by atoms with van der Waals surface area (Å²) in [6, 6.07) is 1.33. The van der Waals surface area contributed by atoms with Crippen LogP contribution in [0.25, 0.3) is 0 Å². The molecule has 0 saturated carbocycles. The SMILES string of the molecule is CCOC(=O)C(F)(F)[C@@H](N)c1cc(Br)ccc1F.Cl. The Morgan fingerprint density at radius 1 is 1.53 bits per heavy atom. The summed E-state index contributed by atoms with van der Waals surface area (Å²) in [4.78, 5) is 11.1. The van der Waals surface area contributed by atoms with Crippen LogP contribution in [0.15, 0.2) is 22.7 Å². The van der Waals surface area contributed by atoms with Crippen LogP contribution >= 0.6 is 28.3 Å². The van der Waals surface area contributed by atoms with Gasteiger partial charge in [-0.2, -0.15) is 8.78 Å². The summed E-state index contributed by atoms with van der Waals surface area (Å²) in [5.74, 6) is -6.66. The average molecular weight is 363 g/mol. The van der Waals surface area contributed by atoms with Gasteiger partial charge in [-0.15, -0.1) is 12.4 Å². The van der Waals surface area contributed by atoms with Gasteiger partial charge < -0.3 is 10.5 Å². The summed E-state index contributed by atoms with van der Waals surface area (Å²) < 4.78 is 45.2. The minimum atomic E-state index is -3.99. The fourth-order valence-electron chi connectivity index (χ4n) is 1.30. The van der Waals surface area contributed by atoms with Crippen LogP contribution in [-0.4, -0.2) is 18.5 Å². The number of ether oxygens (including phenoxy) is 1. The van der Waals surface area contributed by atoms with E-state index in [0.29, 0.717) is 4.47 Å². The highest BCUT2D eigenvalue weighted by Gasteiger charge is 2.48. The van der Waals surface area contributed by atoms with E-state index in [-0.39, 0.29) is 19.0 Å². The van der Waals surface area contributed by atoms with Crippen molar-refractivity contribution in [2.24, 2.45) is 5.73 Å². The van der Waals surface area contributed by atoms with Crippen LogP contribution in [0.3, 0.4) is 0 Å². The van der Waals surface area contributed by atoms with Gasteiger partial charge in [0, 0.05) is 10.0 Å². The zero-order chi connectivity index (χ0) is 13.9. The van der Waals surface area contributed by atoms with E-state index < -0.39 is 29.3 Å². The van der Waals surface area contributed by atoms with Crippen molar-refractivity contribution in [1.82, 2.24) is 0 Å². The molecule has 1 aromatic rings. The van der Waals surface area contributed by atoms with Crippen molar-refractivity contribution in [2.75, 3.05) is 6.61 Å². The molecular formula is C11H12BrClF3NO2. The lowest BCUT2D eigenvalue weighted by atomic mass is 10.0. The first kappa shape index (κ1) is 18.2. The molecule has 0 heterocycles. The smallest absolute Gasteiger partial charge is 0.379 e. The monoisotopic (exact) mass is 361 g/mol. The Bertz CT molecular complexity index is 460. The van der Waals surface area contributed by atoms with Crippen molar-refractivity contribution in [2.45, 2.75) is 18.9 Å². The van der Waals surface area contributed by atoms with Crippen LogP contribution < -0.4 is 5.73 Å². The fourth-order valence-corrected chi connectivity index (χ4v) is 1.68. The van der Waals surface area contributed by atoms with E-state index in [4.69, 9.17) is 5.73 Å². The third kappa shape index (κ3) is 4.09. The van der Waals surface area contributed by atoms with Gasteiger partial charge in [0.25, 0.3) is 0 Å². The molecule has 3 nitrogen and oxygen atoms in total. The highest BCUT2D eigenvalue weighted by atomic mass is 79.9. The van der Waals surface area contributed by atoms with E-state index in [0.717, 1.165) is 12.1 Å². The van der Waals surface area contributed by atoms with Crippen molar-refractivity contribution in [1.29, 1.82) is 0 Å². The van der Waals surface area contributed by atoms with Crippen LogP contribution in [-0.2, 0) is 9.53 Å². The quantitative estimate of drug-likeness (QED) is 0.837. The standard InChI is InChI=1S/C11H11BrF3NO2.ClH/c1-2-18-10(17)11(14,15)9(16)7-5-6(12)3-4-8(7)13;/h3-5,9H,2,16H2,1H3;1H/t9-;/m0./s1. The highest BCUT2D eigenvalue weighted by molar-refractivity contribution is 9.10. The maximum Gasteiger partial charge on any atom is 0.379 e. The predicted octanol–water partition coefficient (Wildman–Crippen LogP) is 3.21. The molecule has 2 N–H and O–H groups in total. The molecule has 0 unspecified atom stereocenters. The van der Waals surface area contributed by atoms with Gasteiger partial charge in [-0.3, -0.25) is 0 Å². The van der Waals surface area contributed by atoms with Gasteiger partial charge in [-0.05, 0) is 25.1 Å². The molecule has 0 spiro atoms. The molecule has 1 aromatic carbocycles. The molecule has 8 heteroatoms. The minimum absolute atomic E-state index is 0. The van der Waals surface area contributed by atoms with Crippen molar-refractivity contribution in [3.8, 4) is 0 Å². The summed E-state index contributed by atoms with van der Waals surface area (Å²) in [5, 5.41) is 0. The second-order valence-corrected chi connectivity index (χ2v) is 4.40. The Hall–Kier alpha value is -0.790. The first-order valence-corrected chi connectivity index (χ1v) is 5.85. The number of carbonyl (C=O) groups excluding carboxylic acids is 1. The number of alkyl halides is 2. The van der Waals surface area contributed by atoms with Crippen molar-refractivity contribution in [3.05, 3.63) is 34.1 Å². The van der Waals surface area contributed by atoms with Crippen molar-refractivity contribution >= 4 is 34.3 Å². The number of benzene rings is 1. The van der Waals surface area contributed by atoms with Crippen LogP contribution in [0, 0.1) is 5.82 Å². The Kier molecular flexibility index (Phi) is 6.82. The molecule has 0 amide bonds. The third-order valence-electron chi connectivity index (χ3n) is 2.23. The van der Waals surface area contributed by atoms with E-state index >= 15 is 0 Å². The second kappa shape index (κ2) is 7.12. The molecule has 1 atom stereocenters. The summed E-state index contributed by atoms with van der Waals surface area (Å²) in [6.07, 6.45) is 0. The van der Waals surface area contributed by atoms with Gasteiger partial charge in [-0.25, -0.2) is 9.18 Å². The molecule has 0 aromatic heterocycles. The summed E-state index contributed by atoms with van der Waals surface area (Å²) in [7, 11) is 0. The maximum atomic E-state index is 13.6. The second-order valence-electron chi connectivity index (χ2n) is 3.49. The highest BCUT2D eigenvalue weighted by Crippen LogP contribution is 2.33. The lowest BCUT2D eigenvalue weighted by Gasteiger charge is -2.22. The molecule has 0 aliphatic rings. The van der Waals surface area contributed by atoms with Gasteiger partial charge in [0.15, 0.2) is 0 Å². The Balaban J connectivity index is 0.00000324. The summed E-state index contributed by atoms with van der Waals surface area (Å²) >= 11 is 3.02. The lowest BCUT2D eigenvalue weighted by molar-refractivity contribution is -0.174. The zero-order valence-electron chi connectivity index (χ0n) is 9.83. The van der Waals surface area contributed by atoms with E-state index in [1.807, 2.05) is 0 Å². The van der Waals surface area contributed by atoms with Gasteiger partial charge in [-0.1, -0.05) is 15.9 Å². The van der Waals surface area contributed by atoms with Crippen molar-refractivity contribution < 1.29 is 22.7 Å². The maximum absolute atomic E-state index is 13.6. The first-order valence-electron chi connectivity index (χ1n) is 5.06. The Morgan fingerprint density at radius 3 is 2.63 bits per heavy atom. The number of rotatable bonds is 4. The van der Waals surface area contributed by atoms with E-state index in [9.17, 15) is 18.0 Å². The van der Waals surface area contributed by atoms with Crippen LogP contribution in [0.5, 0.6) is 0 Å². The largest absolute Gasteiger partial charge is 0.462 e. The van der Waals surface area contributed by atoms with Gasteiger partial charge in [0.05, 0.1) is 6.61 Å². The summed E-state index contributed by atoms with van der Waals surface area (Å²) in [6.45, 7) is 1.18. The molecule has 0 aliphatic carbocycles. The lowest BCUT2D eigenvalue weighted by Crippen LogP contribution is -2.42. The third-order valence-corrected chi connectivity index (χ3v) is 2.72. The zero-order valence-corrected chi connectivity index (χ0v) is 12.2. The fraction of sp³-hybridized carbons (Fsp3) is 0.364. The predicted molar refractivity (Wildman–Crippen MR) is 69.9 cm³/mol. The number of carbonyl (C=O) groups is 1. The molecule has 0 fully saturated rings. The van der Waals surface area contributed by atoms with E-state index in [1.54, 1.807) is 0 Å². The topological polar surface area (TPSA) is 52.3 Å². The van der Waals surface area contributed by atoms with Crippen LogP contribution in [0.4, 0.5) is 13.2 Å². The molecular weight excluding hydrogens is 350 g/mol. The van der Waals surface area contributed by atoms with Gasteiger partial charge in [0.1, 0.15) is 11.9 Å². The number of hydrogen-bond donors (Lipinski definition) is 1. The molecule has 0 saturated heterocycles. The Labute approximate surface area is 122 Å². The molecule has 1 rings (SSSR count). The molecule has 0 aliphatic heterocycles. The number of nitrogens with two attached hydrogens (primary N) is 1. The van der Waals surface area contributed by atoms with Gasteiger partial charge >= 0.3 is 11.9 Å². The number of hydrogen-bond acceptors (Lipinski definition) is 3. The Morgan fingerprint density at radius 2 is 2.11 bits per heavy atom. The van der Waals surface area contributed by atoms with Crippen molar-refractivity contribution in [3.63, 3.8) is 0 Å². The molecule has 19 heavy (non-hydrogen) atoms. The molecule has 0 radical (unpaired) electrons. The minimum Gasteiger partial charge on any atom is -0.462 e. The molecule has 108 valence electrons. The van der Waals surface area contributed by atoms with Crippen LogP contribution in [0.2, 0.25) is 0 Å². The van der Waals surface area contributed by atoms with E-state index in [1.165, 1.54) is 13.0 Å². The molecule has 0 bridgehead atoms. The number of esters is 1. The normalized spacial score (nSPS) is 12.5. The van der Waals surface area contributed by atoms with Gasteiger partial charge in [0.2, 0.25) is 0 Å². The first-order chi connectivity index (χ1) is 8.30.